The number of rotatable bonds is 5. The fraction of sp³-hybridized carbons (Fsp3) is 0.0789. The van der Waals surface area contributed by atoms with Gasteiger partial charge in [0.05, 0.1) is 19.8 Å². The molecule has 1 aliphatic rings. The minimum atomic E-state index is -0.418. The van der Waals surface area contributed by atoms with Gasteiger partial charge in [-0.3, -0.25) is 0 Å². The van der Waals surface area contributed by atoms with Crippen molar-refractivity contribution in [2.45, 2.75) is 0 Å². The van der Waals surface area contributed by atoms with Gasteiger partial charge in [-0.15, -0.1) is 0 Å². The molecular formula is C38H28O4. The van der Waals surface area contributed by atoms with Gasteiger partial charge in [0.25, 0.3) is 0 Å². The lowest BCUT2D eigenvalue weighted by molar-refractivity contribution is 0.0601. The standard InChI is InChI=1S/C38H28O4/c1-40-31-22-29-34(28-21-13-12-20-27(28)31)33(26-18-10-5-11-19-26)36(38(39)41-2)35-32(25-16-8-4-9-17-25)30(23-42-37(29)35)24-14-6-3-7-15-24/h3-22H,23H2,1-2H3. The molecule has 0 amide bonds. The lowest BCUT2D eigenvalue weighted by Gasteiger charge is -2.30. The van der Waals surface area contributed by atoms with Crippen LogP contribution in [0.1, 0.15) is 27.0 Å². The highest BCUT2D eigenvalue weighted by Gasteiger charge is 2.34. The fourth-order valence-corrected chi connectivity index (χ4v) is 6.20. The molecule has 4 nitrogen and oxygen atoms in total. The molecule has 0 atom stereocenters. The van der Waals surface area contributed by atoms with Crippen LogP contribution in [-0.2, 0) is 4.74 Å². The van der Waals surface area contributed by atoms with E-state index in [1.165, 1.54) is 7.11 Å². The number of ether oxygens (including phenoxy) is 3. The van der Waals surface area contributed by atoms with E-state index in [9.17, 15) is 4.79 Å². The zero-order valence-electron chi connectivity index (χ0n) is 23.4. The van der Waals surface area contributed by atoms with Gasteiger partial charge in [0.15, 0.2) is 0 Å². The summed E-state index contributed by atoms with van der Waals surface area (Å²) in [6.07, 6.45) is 0. The number of carbonyl (C=O) groups excluding carboxylic acids is 1. The first-order valence-electron chi connectivity index (χ1n) is 13.9. The SMILES string of the molecule is COC(=O)c1c2c(c3cc(OC)c4ccccc4c3c1-c1ccccc1)OCC(c1ccccc1)=C2c1ccccc1. The quantitative estimate of drug-likeness (QED) is 0.160. The second kappa shape index (κ2) is 10.6. The molecule has 42 heavy (non-hydrogen) atoms. The van der Waals surface area contributed by atoms with E-state index in [4.69, 9.17) is 14.2 Å². The average molecular weight is 549 g/mol. The van der Waals surface area contributed by atoms with Crippen LogP contribution in [0.4, 0.5) is 0 Å². The summed E-state index contributed by atoms with van der Waals surface area (Å²) in [4.78, 5) is 14.1. The molecule has 6 aromatic carbocycles. The molecule has 204 valence electrons. The van der Waals surface area contributed by atoms with Crippen LogP contribution in [-0.4, -0.2) is 26.8 Å². The molecule has 4 heteroatoms. The summed E-state index contributed by atoms with van der Waals surface area (Å²) < 4.78 is 18.2. The number of hydrogen-bond donors (Lipinski definition) is 0. The van der Waals surface area contributed by atoms with Crippen LogP contribution >= 0.6 is 0 Å². The number of carbonyl (C=O) groups is 1. The van der Waals surface area contributed by atoms with Gasteiger partial charge in [0, 0.05) is 38.4 Å². The Labute approximate surface area is 244 Å². The zero-order valence-corrected chi connectivity index (χ0v) is 23.4. The Balaban J connectivity index is 1.76. The minimum absolute atomic E-state index is 0.344. The van der Waals surface area contributed by atoms with Gasteiger partial charge in [-0.25, -0.2) is 4.79 Å². The fourth-order valence-electron chi connectivity index (χ4n) is 6.20. The first kappa shape index (κ1) is 25.6. The summed E-state index contributed by atoms with van der Waals surface area (Å²) in [5, 5.41) is 3.74. The van der Waals surface area contributed by atoms with Gasteiger partial charge in [-0.2, -0.15) is 0 Å². The molecule has 0 spiro atoms. The summed E-state index contributed by atoms with van der Waals surface area (Å²) in [6, 6.07) is 40.6. The van der Waals surface area contributed by atoms with E-state index in [-0.39, 0.29) is 0 Å². The van der Waals surface area contributed by atoms with E-state index >= 15 is 0 Å². The van der Waals surface area contributed by atoms with Crippen molar-refractivity contribution in [1.82, 2.24) is 0 Å². The maximum Gasteiger partial charge on any atom is 0.339 e. The van der Waals surface area contributed by atoms with E-state index in [1.807, 2.05) is 91.0 Å². The second-order valence-corrected chi connectivity index (χ2v) is 10.2. The van der Waals surface area contributed by atoms with E-state index in [1.54, 1.807) is 7.11 Å². The van der Waals surface area contributed by atoms with Crippen molar-refractivity contribution in [2.75, 3.05) is 20.8 Å². The Bertz CT molecular complexity index is 1990. The molecular weight excluding hydrogens is 520 g/mol. The zero-order chi connectivity index (χ0) is 28.6. The molecule has 0 aliphatic carbocycles. The molecule has 0 fully saturated rings. The number of methoxy groups -OCH3 is 2. The molecule has 1 heterocycles. The Morgan fingerprint density at radius 2 is 1.21 bits per heavy atom. The predicted octanol–water partition coefficient (Wildman–Crippen LogP) is 8.81. The molecule has 0 N–H and O–H groups in total. The number of fused-ring (bicyclic) bond motifs is 5. The average Bonchev–Trinajstić information content (AvgIpc) is 3.07. The Morgan fingerprint density at radius 1 is 0.643 bits per heavy atom. The second-order valence-electron chi connectivity index (χ2n) is 10.2. The molecule has 0 saturated carbocycles. The minimum Gasteiger partial charge on any atom is -0.496 e. The third kappa shape index (κ3) is 4.03. The third-order valence-electron chi connectivity index (χ3n) is 8.00. The molecule has 6 aromatic rings. The van der Waals surface area contributed by atoms with Crippen molar-refractivity contribution in [2.24, 2.45) is 0 Å². The summed E-state index contributed by atoms with van der Waals surface area (Å²) in [6.45, 7) is 0.344. The van der Waals surface area contributed by atoms with Gasteiger partial charge >= 0.3 is 5.97 Å². The summed E-state index contributed by atoms with van der Waals surface area (Å²) in [7, 11) is 3.12. The van der Waals surface area contributed by atoms with Crippen molar-refractivity contribution in [3.05, 3.63) is 144 Å². The topological polar surface area (TPSA) is 44.8 Å². The van der Waals surface area contributed by atoms with Crippen molar-refractivity contribution >= 4 is 38.7 Å². The summed E-state index contributed by atoms with van der Waals surface area (Å²) in [5.41, 5.74) is 6.92. The highest BCUT2D eigenvalue weighted by Crippen LogP contribution is 2.53. The first-order valence-corrected chi connectivity index (χ1v) is 13.9. The van der Waals surface area contributed by atoms with Gasteiger partial charge in [0.2, 0.25) is 0 Å². The van der Waals surface area contributed by atoms with Crippen LogP contribution in [0.25, 0.3) is 43.8 Å². The van der Waals surface area contributed by atoms with Crippen molar-refractivity contribution in [3.8, 4) is 22.6 Å². The Morgan fingerprint density at radius 3 is 1.83 bits per heavy atom. The van der Waals surface area contributed by atoms with Crippen LogP contribution in [0.15, 0.2) is 121 Å². The normalized spacial score (nSPS) is 12.6. The molecule has 1 aliphatic heterocycles. The molecule has 0 radical (unpaired) electrons. The van der Waals surface area contributed by atoms with Gasteiger partial charge in [0.1, 0.15) is 18.1 Å². The monoisotopic (exact) mass is 548 g/mol. The highest BCUT2D eigenvalue weighted by molar-refractivity contribution is 6.25. The van der Waals surface area contributed by atoms with Crippen molar-refractivity contribution in [1.29, 1.82) is 0 Å². The lowest BCUT2D eigenvalue weighted by Crippen LogP contribution is -2.18. The van der Waals surface area contributed by atoms with Gasteiger partial charge < -0.3 is 14.2 Å². The van der Waals surface area contributed by atoms with Crippen LogP contribution in [0, 0.1) is 0 Å². The lowest BCUT2D eigenvalue weighted by atomic mass is 9.79. The van der Waals surface area contributed by atoms with E-state index in [0.717, 1.165) is 66.3 Å². The maximum absolute atomic E-state index is 14.1. The van der Waals surface area contributed by atoms with Gasteiger partial charge in [-0.1, -0.05) is 115 Å². The van der Waals surface area contributed by atoms with E-state index in [0.29, 0.717) is 17.9 Å². The maximum atomic E-state index is 14.1. The highest BCUT2D eigenvalue weighted by atomic mass is 16.5. The smallest absolute Gasteiger partial charge is 0.339 e. The third-order valence-corrected chi connectivity index (χ3v) is 8.00. The number of hydrogen-bond acceptors (Lipinski definition) is 4. The van der Waals surface area contributed by atoms with Crippen LogP contribution < -0.4 is 9.47 Å². The molecule has 0 unspecified atom stereocenters. The van der Waals surface area contributed by atoms with Crippen LogP contribution in [0.3, 0.4) is 0 Å². The van der Waals surface area contributed by atoms with Crippen molar-refractivity contribution < 1.29 is 19.0 Å². The van der Waals surface area contributed by atoms with Crippen molar-refractivity contribution in [3.63, 3.8) is 0 Å². The largest absolute Gasteiger partial charge is 0.496 e. The summed E-state index contributed by atoms with van der Waals surface area (Å²) >= 11 is 0. The first-order chi connectivity index (χ1) is 20.7. The molecule has 0 bridgehead atoms. The van der Waals surface area contributed by atoms with E-state index in [2.05, 4.69) is 30.3 Å². The number of esters is 1. The molecule has 0 aromatic heterocycles. The number of benzene rings is 6. The summed E-state index contributed by atoms with van der Waals surface area (Å²) in [5.74, 6) is 0.971. The van der Waals surface area contributed by atoms with E-state index < -0.39 is 5.97 Å². The molecule has 7 rings (SSSR count). The Kier molecular flexibility index (Phi) is 6.44. The predicted molar refractivity (Wildman–Crippen MR) is 169 cm³/mol. The Hall–Kier alpha value is -5.35. The van der Waals surface area contributed by atoms with Crippen LogP contribution in [0.2, 0.25) is 0 Å². The molecule has 0 saturated heterocycles. The van der Waals surface area contributed by atoms with Crippen LogP contribution in [0.5, 0.6) is 11.5 Å². The van der Waals surface area contributed by atoms with Gasteiger partial charge in [-0.05, 0) is 28.1 Å².